The maximum atomic E-state index is 5.86. The van der Waals surface area contributed by atoms with Crippen LogP contribution in [0.1, 0.15) is 18.3 Å². The van der Waals surface area contributed by atoms with Crippen molar-refractivity contribution in [2.45, 2.75) is 20.3 Å². The number of nitrogens with zero attached hydrogens (tertiary/aromatic N) is 2. The van der Waals surface area contributed by atoms with E-state index in [-0.39, 0.29) is 0 Å². The van der Waals surface area contributed by atoms with Crippen LogP contribution in [-0.2, 0) is 6.42 Å². The zero-order valence-electron chi connectivity index (χ0n) is 11.5. The van der Waals surface area contributed by atoms with E-state index in [2.05, 4.69) is 52.5 Å². The molecule has 0 saturated heterocycles. The Morgan fingerprint density at radius 3 is 2.75 bits per heavy atom. The summed E-state index contributed by atoms with van der Waals surface area (Å²) in [5.41, 5.74) is 11.0. The van der Waals surface area contributed by atoms with E-state index in [1.807, 2.05) is 18.2 Å². The second-order valence-electron chi connectivity index (χ2n) is 4.90. The fourth-order valence-corrected chi connectivity index (χ4v) is 2.83. The normalized spacial score (nSPS) is 11.2. The summed E-state index contributed by atoms with van der Waals surface area (Å²) in [6, 6.07) is 12.2. The molecule has 102 valence electrons. The van der Waals surface area contributed by atoms with Crippen LogP contribution in [-0.4, -0.2) is 9.55 Å². The highest BCUT2D eigenvalue weighted by molar-refractivity contribution is 9.10. The molecule has 4 heteroatoms. The molecule has 1 heterocycles. The Bertz CT molecular complexity index is 790. The lowest BCUT2D eigenvalue weighted by atomic mass is 10.2. The van der Waals surface area contributed by atoms with Gasteiger partial charge in [0.1, 0.15) is 5.82 Å². The lowest BCUT2D eigenvalue weighted by Gasteiger charge is -2.12. The van der Waals surface area contributed by atoms with Gasteiger partial charge >= 0.3 is 0 Å². The predicted molar refractivity (Wildman–Crippen MR) is 87.3 cm³/mol. The average molecular weight is 330 g/mol. The maximum absolute atomic E-state index is 5.86. The van der Waals surface area contributed by atoms with E-state index in [0.717, 1.165) is 39.1 Å². The molecule has 20 heavy (non-hydrogen) atoms. The molecule has 2 aromatic carbocycles. The predicted octanol–water partition coefficient (Wildman–Crippen LogP) is 4.24. The van der Waals surface area contributed by atoms with Crippen LogP contribution >= 0.6 is 15.9 Å². The van der Waals surface area contributed by atoms with Crippen LogP contribution in [0.4, 0.5) is 5.69 Å². The van der Waals surface area contributed by atoms with Crippen molar-refractivity contribution in [3.05, 3.63) is 52.3 Å². The van der Waals surface area contributed by atoms with Crippen LogP contribution < -0.4 is 5.73 Å². The minimum atomic E-state index is 0.746. The van der Waals surface area contributed by atoms with Gasteiger partial charge in [0.25, 0.3) is 0 Å². The second kappa shape index (κ2) is 4.94. The molecule has 0 unspecified atom stereocenters. The van der Waals surface area contributed by atoms with E-state index in [1.165, 1.54) is 5.56 Å². The molecule has 2 N–H and O–H groups in total. The third-order valence-electron chi connectivity index (χ3n) is 3.48. The first-order chi connectivity index (χ1) is 9.60. The van der Waals surface area contributed by atoms with Gasteiger partial charge in [0.05, 0.1) is 16.7 Å². The standard InChI is InChI=1S/C16H16BrN3/c1-3-16-19-13-9-12(18)6-7-14(13)20(16)15-8-11(17)5-4-10(15)2/h4-9H,3,18H2,1-2H3. The van der Waals surface area contributed by atoms with Crippen molar-refractivity contribution in [2.75, 3.05) is 5.73 Å². The quantitative estimate of drug-likeness (QED) is 0.714. The highest BCUT2D eigenvalue weighted by Gasteiger charge is 2.13. The van der Waals surface area contributed by atoms with Gasteiger partial charge in [-0.25, -0.2) is 4.98 Å². The molecule has 0 amide bonds. The van der Waals surface area contributed by atoms with Crippen molar-refractivity contribution in [3.63, 3.8) is 0 Å². The topological polar surface area (TPSA) is 43.8 Å². The van der Waals surface area contributed by atoms with Gasteiger partial charge in [-0.1, -0.05) is 28.9 Å². The number of nitrogen functional groups attached to an aromatic ring is 1. The Hall–Kier alpha value is -1.81. The van der Waals surface area contributed by atoms with Gasteiger partial charge in [-0.2, -0.15) is 0 Å². The molecule has 0 saturated carbocycles. The van der Waals surface area contributed by atoms with E-state index in [0.29, 0.717) is 0 Å². The summed E-state index contributed by atoms with van der Waals surface area (Å²) in [7, 11) is 0. The number of fused-ring (bicyclic) bond motifs is 1. The third-order valence-corrected chi connectivity index (χ3v) is 3.97. The Kier molecular flexibility index (Phi) is 3.26. The summed E-state index contributed by atoms with van der Waals surface area (Å²) in [6.45, 7) is 4.23. The number of rotatable bonds is 2. The number of halogens is 1. The van der Waals surface area contributed by atoms with Gasteiger partial charge in [0.15, 0.2) is 0 Å². The molecule has 0 aliphatic rings. The molecule has 0 aliphatic heterocycles. The molecule has 0 bridgehead atoms. The van der Waals surface area contributed by atoms with Crippen LogP contribution in [0.2, 0.25) is 0 Å². The van der Waals surface area contributed by atoms with Gasteiger partial charge in [-0.3, -0.25) is 4.57 Å². The zero-order chi connectivity index (χ0) is 14.3. The summed E-state index contributed by atoms with van der Waals surface area (Å²) in [6.07, 6.45) is 0.876. The Labute approximate surface area is 126 Å². The first kappa shape index (κ1) is 13.2. The summed E-state index contributed by atoms with van der Waals surface area (Å²) < 4.78 is 3.28. The smallest absolute Gasteiger partial charge is 0.114 e. The summed E-state index contributed by atoms with van der Waals surface area (Å²) in [5, 5.41) is 0. The zero-order valence-corrected chi connectivity index (χ0v) is 13.1. The summed E-state index contributed by atoms with van der Waals surface area (Å²) >= 11 is 3.55. The molecule has 3 aromatic rings. The number of nitrogens with two attached hydrogens (primary N) is 1. The van der Waals surface area contributed by atoms with Gasteiger partial charge in [-0.15, -0.1) is 0 Å². The number of aryl methyl sites for hydroxylation is 2. The maximum Gasteiger partial charge on any atom is 0.114 e. The van der Waals surface area contributed by atoms with Crippen LogP contribution in [0, 0.1) is 6.92 Å². The molecule has 0 fully saturated rings. The number of aromatic nitrogens is 2. The molecule has 0 spiro atoms. The monoisotopic (exact) mass is 329 g/mol. The van der Waals surface area contributed by atoms with Gasteiger partial charge in [0, 0.05) is 16.6 Å². The van der Waals surface area contributed by atoms with Crippen molar-refractivity contribution in [2.24, 2.45) is 0 Å². The van der Waals surface area contributed by atoms with Gasteiger partial charge < -0.3 is 5.73 Å². The number of hydrogen-bond donors (Lipinski definition) is 1. The highest BCUT2D eigenvalue weighted by atomic mass is 79.9. The van der Waals surface area contributed by atoms with E-state index >= 15 is 0 Å². The molecule has 3 nitrogen and oxygen atoms in total. The van der Waals surface area contributed by atoms with E-state index in [9.17, 15) is 0 Å². The van der Waals surface area contributed by atoms with E-state index in [4.69, 9.17) is 10.7 Å². The van der Waals surface area contributed by atoms with Crippen molar-refractivity contribution < 1.29 is 0 Å². The van der Waals surface area contributed by atoms with Crippen molar-refractivity contribution in [3.8, 4) is 5.69 Å². The first-order valence-electron chi connectivity index (χ1n) is 6.63. The number of anilines is 1. The first-order valence-corrected chi connectivity index (χ1v) is 7.43. The summed E-state index contributed by atoms with van der Waals surface area (Å²) in [4.78, 5) is 4.71. The van der Waals surface area contributed by atoms with Crippen molar-refractivity contribution >= 4 is 32.7 Å². The Morgan fingerprint density at radius 1 is 1.20 bits per heavy atom. The molecular weight excluding hydrogens is 314 g/mol. The van der Waals surface area contributed by atoms with Crippen LogP contribution in [0.5, 0.6) is 0 Å². The average Bonchev–Trinajstić information content (AvgIpc) is 2.78. The lowest BCUT2D eigenvalue weighted by Crippen LogP contribution is -2.02. The van der Waals surface area contributed by atoms with Crippen LogP contribution in [0.25, 0.3) is 16.7 Å². The lowest BCUT2D eigenvalue weighted by molar-refractivity contribution is 0.902. The number of imidazole rings is 1. The van der Waals surface area contributed by atoms with E-state index < -0.39 is 0 Å². The SMILES string of the molecule is CCc1nc2cc(N)ccc2n1-c1cc(Br)ccc1C. The Balaban J connectivity index is 2.37. The second-order valence-corrected chi connectivity index (χ2v) is 5.81. The molecule has 0 radical (unpaired) electrons. The minimum Gasteiger partial charge on any atom is -0.399 e. The molecule has 1 aromatic heterocycles. The summed E-state index contributed by atoms with van der Waals surface area (Å²) in [5.74, 6) is 1.05. The number of hydrogen-bond acceptors (Lipinski definition) is 2. The number of benzene rings is 2. The fourth-order valence-electron chi connectivity index (χ4n) is 2.48. The van der Waals surface area contributed by atoms with Gasteiger partial charge in [0.2, 0.25) is 0 Å². The molecular formula is C16H16BrN3. The molecule has 0 atom stereocenters. The fraction of sp³-hybridized carbons (Fsp3) is 0.188. The van der Waals surface area contributed by atoms with Crippen molar-refractivity contribution in [1.82, 2.24) is 9.55 Å². The highest BCUT2D eigenvalue weighted by Crippen LogP contribution is 2.27. The van der Waals surface area contributed by atoms with Gasteiger partial charge in [-0.05, 0) is 42.8 Å². The van der Waals surface area contributed by atoms with E-state index in [1.54, 1.807) is 0 Å². The van der Waals surface area contributed by atoms with Crippen LogP contribution in [0.15, 0.2) is 40.9 Å². The molecule has 3 rings (SSSR count). The minimum absolute atomic E-state index is 0.746. The van der Waals surface area contributed by atoms with Crippen LogP contribution in [0.3, 0.4) is 0 Å². The third kappa shape index (κ3) is 2.10. The molecule has 0 aliphatic carbocycles. The van der Waals surface area contributed by atoms with Crippen molar-refractivity contribution in [1.29, 1.82) is 0 Å². The largest absolute Gasteiger partial charge is 0.399 e. The Morgan fingerprint density at radius 2 is 2.00 bits per heavy atom.